The van der Waals surface area contributed by atoms with Gasteiger partial charge in [-0.2, -0.15) is 5.21 Å². The van der Waals surface area contributed by atoms with Crippen LogP contribution in [0.1, 0.15) is 54.9 Å². The lowest BCUT2D eigenvalue weighted by molar-refractivity contribution is 0.219. The van der Waals surface area contributed by atoms with Crippen LogP contribution in [-0.2, 0) is 24.2 Å². The first kappa shape index (κ1) is 31.0. The summed E-state index contributed by atoms with van der Waals surface area (Å²) < 4.78 is 7.40. The maximum absolute atomic E-state index is 14.0. The number of aryl methyl sites for hydroxylation is 2. The van der Waals surface area contributed by atoms with Gasteiger partial charge in [-0.15, -0.1) is 10.2 Å². The lowest BCUT2D eigenvalue weighted by Crippen LogP contribution is -2.28. The Balaban J connectivity index is 1.40. The third-order valence-electron chi connectivity index (χ3n) is 7.49. The SMILES string of the molecule is C=C(/N=C\C(=C/C)OCc1ccccc1)n1c(C)nc(CCCC)c(Cc2ccc(-c3ccccc3-c3nn[nH]n3)cc2)c1=O. The smallest absolute Gasteiger partial charge is 0.263 e. The van der Waals surface area contributed by atoms with Crippen LogP contribution in [0, 0.1) is 6.92 Å². The highest BCUT2D eigenvalue weighted by atomic mass is 16.5. The van der Waals surface area contributed by atoms with Gasteiger partial charge in [-0.25, -0.2) is 14.5 Å². The minimum Gasteiger partial charge on any atom is -0.488 e. The van der Waals surface area contributed by atoms with Crippen molar-refractivity contribution in [2.45, 2.75) is 53.1 Å². The molecule has 5 aromatic rings. The highest BCUT2D eigenvalue weighted by Gasteiger charge is 2.17. The van der Waals surface area contributed by atoms with E-state index in [4.69, 9.17) is 9.72 Å². The Morgan fingerprint density at radius 2 is 1.73 bits per heavy atom. The normalized spacial score (nSPS) is 11.7. The topological polar surface area (TPSA) is 111 Å². The molecule has 1 N–H and O–H groups in total. The average molecular weight is 600 g/mol. The Morgan fingerprint density at radius 3 is 2.42 bits per heavy atom. The van der Waals surface area contributed by atoms with Gasteiger partial charge >= 0.3 is 0 Å². The number of unbranched alkanes of at least 4 members (excludes halogenated alkanes) is 1. The number of aromatic amines is 1. The molecule has 9 heteroatoms. The maximum atomic E-state index is 14.0. The molecule has 9 nitrogen and oxygen atoms in total. The van der Waals surface area contributed by atoms with Crippen LogP contribution < -0.4 is 5.56 Å². The number of ether oxygens (including phenoxy) is 1. The van der Waals surface area contributed by atoms with Crippen LogP contribution in [0.25, 0.3) is 28.3 Å². The molecule has 0 aliphatic heterocycles. The van der Waals surface area contributed by atoms with Gasteiger partial charge in [-0.1, -0.05) is 98.8 Å². The number of benzene rings is 3. The van der Waals surface area contributed by atoms with Crippen molar-refractivity contribution in [2.24, 2.45) is 4.99 Å². The Morgan fingerprint density at radius 1 is 1.00 bits per heavy atom. The fourth-order valence-corrected chi connectivity index (χ4v) is 5.09. The second-order valence-electron chi connectivity index (χ2n) is 10.6. The predicted molar refractivity (Wildman–Crippen MR) is 179 cm³/mol. The van der Waals surface area contributed by atoms with E-state index in [0.29, 0.717) is 36.0 Å². The van der Waals surface area contributed by atoms with E-state index >= 15 is 0 Å². The first-order valence-electron chi connectivity index (χ1n) is 15.1. The van der Waals surface area contributed by atoms with Crippen LogP contribution in [0.3, 0.4) is 0 Å². The zero-order valence-electron chi connectivity index (χ0n) is 25.9. The molecule has 0 amide bonds. The van der Waals surface area contributed by atoms with Crippen molar-refractivity contribution in [1.29, 1.82) is 0 Å². The molecule has 0 radical (unpaired) electrons. The second kappa shape index (κ2) is 14.8. The van der Waals surface area contributed by atoms with Crippen LogP contribution in [0.4, 0.5) is 0 Å². The molecule has 0 aliphatic rings. The molecular weight excluding hydrogens is 562 g/mol. The molecule has 2 aromatic heterocycles. The van der Waals surface area contributed by atoms with Gasteiger partial charge in [0.15, 0.2) is 0 Å². The summed E-state index contributed by atoms with van der Waals surface area (Å²) in [5.41, 5.74) is 6.26. The summed E-state index contributed by atoms with van der Waals surface area (Å²) in [7, 11) is 0. The van der Waals surface area contributed by atoms with E-state index < -0.39 is 0 Å². The molecule has 45 heavy (non-hydrogen) atoms. The molecule has 0 fully saturated rings. The number of hydrogen-bond acceptors (Lipinski definition) is 7. The minimum absolute atomic E-state index is 0.158. The van der Waals surface area contributed by atoms with Crippen LogP contribution in [0.5, 0.6) is 0 Å². The molecule has 0 unspecified atom stereocenters. The first-order valence-corrected chi connectivity index (χ1v) is 15.1. The van der Waals surface area contributed by atoms with E-state index in [1.165, 1.54) is 4.57 Å². The number of aromatic nitrogens is 6. The van der Waals surface area contributed by atoms with Crippen molar-refractivity contribution >= 4 is 12.0 Å². The predicted octanol–water partition coefficient (Wildman–Crippen LogP) is 6.95. The molecular formula is C36H37N7O2. The molecule has 0 aliphatic carbocycles. The number of hydrogen-bond donors (Lipinski definition) is 1. The molecule has 0 saturated carbocycles. The number of H-pyrrole nitrogens is 1. The van der Waals surface area contributed by atoms with Crippen molar-refractivity contribution in [3.05, 3.63) is 136 Å². The fraction of sp³-hybridized carbons (Fsp3) is 0.222. The summed E-state index contributed by atoms with van der Waals surface area (Å²) in [5.74, 6) is 1.95. The molecule has 0 spiro atoms. The average Bonchev–Trinajstić information content (AvgIpc) is 3.61. The van der Waals surface area contributed by atoms with Gasteiger partial charge in [0.2, 0.25) is 5.82 Å². The lowest BCUT2D eigenvalue weighted by Gasteiger charge is -2.15. The summed E-state index contributed by atoms with van der Waals surface area (Å²) in [6.45, 7) is 10.4. The first-order chi connectivity index (χ1) is 22.0. The fourth-order valence-electron chi connectivity index (χ4n) is 5.09. The van der Waals surface area contributed by atoms with Gasteiger partial charge < -0.3 is 4.74 Å². The highest BCUT2D eigenvalue weighted by molar-refractivity contribution is 5.80. The lowest BCUT2D eigenvalue weighted by atomic mass is 9.96. The zero-order chi connectivity index (χ0) is 31.6. The number of nitrogens with one attached hydrogen (secondary N) is 1. The van der Waals surface area contributed by atoms with Crippen molar-refractivity contribution in [3.8, 4) is 22.5 Å². The van der Waals surface area contributed by atoms with E-state index in [2.05, 4.69) is 51.3 Å². The Labute approximate surface area is 263 Å². The van der Waals surface area contributed by atoms with Crippen LogP contribution in [0.2, 0.25) is 0 Å². The number of rotatable bonds is 13. The van der Waals surface area contributed by atoms with Gasteiger partial charge in [0.25, 0.3) is 5.56 Å². The quantitative estimate of drug-likeness (QED) is 0.116. The van der Waals surface area contributed by atoms with Crippen LogP contribution in [0.15, 0.2) is 107 Å². The van der Waals surface area contributed by atoms with Gasteiger partial charge in [-0.3, -0.25) is 4.79 Å². The van der Waals surface area contributed by atoms with E-state index in [0.717, 1.165) is 52.8 Å². The van der Waals surface area contributed by atoms with Gasteiger partial charge in [0.05, 0.1) is 11.9 Å². The second-order valence-corrected chi connectivity index (χ2v) is 10.6. The molecule has 0 atom stereocenters. The third kappa shape index (κ3) is 7.56. The summed E-state index contributed by atoms with van der Waals surface area (Å²) in [6.07, 6.45) is 6.53. The summed E-state index contributed by atoms with van der Waals surface area (Å²) in [5, 5.41) is 14.5. The molecule has 2 heterocycles. The molecule has 0 saturated heterocycles. The number of aliphatic imine (C=N–C) groups is 1. The van der Waals surface area contributed by atoms with Crippen molar-refractivity contribution < 1.29 is 4.74 Å². The van der Waals surface area contributed by atoms with E-state index in [-0.39, 0.29) is 11.4 Å². The highest BCUT2D eigenvalue weighted by Crippen LogP contribution is 2.30. The van der Waals surface area contributed by atoms with Crippen LogP contribution in [-0.4, -0.2) is 36.4 Å². The third-order valence-corrected chi connectivity index (χ3v) is 7.49. The Hall–Kier alpha value is -5.44. The maximum Gasteiger partial charge on any atom is 0.263 e. The number of allylic oxidation sites excluding steroid dienone is 2. The summed E-state index contributed by atoms with van der Waals surface area (Å²) in [4.78, 5) is 23.4. The largest absolute Gasteiger partial charge is 0.488 e. The Kier molecular flexibility index (Phi) is 10.2. The standard InChI is InChI=1S/C36H37N7O2/c1-5-7-17-34-33(22-27-18-20-29(21-19-27)31-15-11-12-16-32(31)35-39-41-42-40-35)36(44)43(26(4)38-34)25(3)37-23-30(6-2)45-24-28-13-9-8-10-14-28/h6,8-16,18-21,23H,3,5,7,17,22,24H2,1-2,4H3,(H,39,40,41,42)/b30-6+,37-23-. The minimum atomic E-state index is -0.158. The van der Waals surface area contributed by atoms with Gasteiger partial charge in [-0.05, 0) is 60.2 Å². The van der Waals surface area contributed by atoms with Crippen molar-refractivity contribution in [3.63, 3.8) is 0 Å². The molecule has 228 valence electrons. The number of nitrogens with zero attached hydrogens (tertiary/aromatic N) is 6. The summed E-state index contributed by atoms with van der Waals surface area (Å²) >= 11 is 0. The molecule has 3 aromatic carbocycles. The van der Waals surface area contributed by atoms with E-state index in [1.54, 1.807) is 6.21 Å². The van der Waals surface area contributed by atoms with Gasteiger partial charge in [0, 0.05) is 17.5 Å². The molecule has 5 rings (SSSR count). The monoisotopic (exact) mass is 599 g/mol. The van der Waals surface area contributed by atoms with E-state index in [9.17, 15) is 4.79 Å². The molecule has 0 bridgehead atoms. The zero-order valence-corrected chi connectivity index (χ0v) is 25.9. The van der Waals surface area contributed by atoms with Gasteiger partial charge in [0.1, 0.15) is 24.0 Å². The Bertz CT molecular complexity index is 1860. The van der Waals surface area contributed by atoms with Crippen molar-refractivity contribution in [1.82, 2.24) is 30.2 Å². The summed E-state index contributed by atoms with van der Waals surface area (Å²) in [6, 6.07) is 26.1. The van der Waals surface area contributed by atoms with E-state index in [1.807, 2.05) is 86.7 Å². The van der Waals surface area contributed by atoms with Crippen molar-refractivity contribution in [2.75, 3.05) is 0 Å². The number of tetrazole rings is 1. The van der Waals surface area contributed by atoms with Crippen LogP contribution >= 0.6 is 0 Å².